The molecule has 0 aromatic carbocycles. The molecule has 0 bridgehead atoms. The average molecular weight is 366 g/mol. The summed E-state index contributed by atoms with van der Waals surface area (Å²) in [5.41, 5.74) is 2.24. The zero-order chi connectivity index (χ0) is 14.6. The number of rotatable bonds is 4. The number of aromatic nitrogens is 1. The third kappa shape index (κ3) is 6.65. The first-order chi connectivity index (χ1) is 9.45. The highest BCUT2D eigenvalue weighted by Gasteiger charge is 2.18. The molecule has 7 heteroatoms. The van der Waals surface area contributed by atoms with Crippen LogP contribution in [-0.2, 0) is 16.6 Å². The van der Waals surface area contributed by atoms with Crippen molar-refractivity contribution in [3.8, 4) is 0 Å². The molecule has 126 valence electrons. The second-order valence-electron chi connectivity index (χ2n) is 6.16. The zero-order valence-electron chi connectivity index (χ0n) is 13.3. The molecule has 0 radical (unpaired) electrons. The lowest BCUT2D eigenvalue weighted by atomic mass is 9.98. The van der Waals surface area contributed by atoms with Gasteiger partial charge in [-0.15, -0.1) is 36.2 Å². The van der Waals surface area contributed by atoms with Crippen LogP contribution in [-0.4, -0.2) is 30.5 Å². The summed E-state index contributed by atoms with van der Waals surface area (Å²) in [6.07, 6.45) is 3.55. The summed E-state index contributed by atoms with van der Waals surface area (Å²) in [6.45, 7) is 8.99. The van der Waals surface area contributed by atoms with Gasteiger partial charge in [-0.3, -0.25) is 4.79 Å². The molecule has 2 rings (SSSR count). The number of carbonyl (C=O) groups is 1. The van der Waals surface area contributed by atoms with Crippen molar-refractivity contribution in [2.45, 2.75) is 39.0 Å². The van der Waals surface area contributed by atoms with E-state index in [1.54, 1.807) is 11.3 Å². The molecule has 4 nitrogen and oxygen atoms in total. The minimum absolute atomic E-state index is 0. The van der Waals surface area contributed by atoms with E-state index in [0.717, 1.165) is 30.2 Å². The SMILES string of the molecule is CC(C)(C)c1nc(CC(=O)NCC2=CCNCC2)cs1.Cl.Cl. The van der Waals surface area contributed by atoms with Gasteiger partial charge in [0.25, 0.3) is 0 Å². The first-order valence-electron chi connectivity index (χ1n) is 7.05. The van der Waals surface area contributed by atoms with Gasteiger partial charge < -0.3 is 10.6 Å². The molecule has 22 heavy (non-hydrogen) atoms. The Hall–Kier alpha value is -0.620. The van der Waals surface area contributed by atoms with E-state index in [4.69, 9.17) is 0 Å². The fourth-order valence-electron chi connectivity index (χ4n) is 2.00. The summed E-state index contributed by atoms with van der Waals surface area (Å²) in [6, 6.07) is 0. The summed E-state index contributed by atoms with van der Waals surface area (Å²) < 4.78 is 0. The van der Waals surface area contributed by atoms with Crippen molar-refractivity contribution in [1.29, 1.82) is 0 Å². The van der Waals surface area contributed by atoms with Crippen LogP contribution in [0.15, 0.2) is 17.0 Å². The summed E-state index contributed by atoms with van der Waals surface area (Å²) in [4.78, 5) is 16.5. The van der Waals surface area contributed by atoms with Gasteiger partial charge in [-0.05, 0) is 13.0 Å². The second kappa shape index (κ2) is 9.50. The topological polar surface area (TPSA) is 54.0 Å². The van der Waals surface area contributed by atoms with Gasteiger partial charge in [0.05, 0.1) is 17.1 Å². The first-order valence-corrected chi connectivity index (χ1v) is 7.93. The van der Waals surface area contributed by atoms with E-state index in [2.05, 4.69) is 42.5 Å². The van der Waals surface area contributed by atoms with Crippen LogP contribution in [0.3, 0.4) is 0 Å². The minimum Gasteiger partial charge on any atom is -0.352 e. The number of hydrogen-bond donors (Lipinski definition) is 2. The maximum Gasteiger partial charge on any atom is 0.226 e. The molecule has 1 amide bonds. The van der Waals surface area contributed by atoms with E-state index in [9.17, 15) is 4.79 Å². The number of carbonyl (C=O) groups excluding carboxylic acids is 1. The summed E-state index contributed by atoms with van der Waals surface area (Å²) in [5, 5.41) is 9.31. The molecular formula is C15H25Cl2N3OS. The number of halogens is 2. The van der Waals surface area contributed by atoms with Gasteiger partial charge in [0.1, 0.15) is 0 Å². The largest absolute Gasteiger partial charge is 0.352 e. The zero-order valence-corrected chi connectivity index (χ0v) is 15.7. The molecular weight excluding hydrogens is 341 g/mol. The van der Waals surface area contributed by atoms with Crippen LogP contribution in [0.1, 0.15) is 37.9 Å². The highest BCUT2D eigenvalue weighted by molar-refractivity contribution is 7.09. The predicted molar refractivity (Wildman–Crippen MR) is 97.6 cm³/mol. The molecule has 0 aliphatic carbocycles. The number of nitrogens with zero attached hydrogens (tertiary/aromatic N) is 1. The molecule has 2 N–H and O–H groups in total. The van der Waals surface area contributed by atoms with E-state index in [-0.39, 0.29) is 36.1 Å². The van der Waals surface area contributed by atoms with Crippen molar-refractivity contribution in [2.75, 3.05) is 19.6 Å². The van der Waals surface area contributed by atoms with Crippen LogP contribution in [0.25, 0.3) is 0 Å². The van der Waals surface area contributed by atoms with Crippen LogP contribution < -0.4 is 10.6 Å². The Balaban J connectivity index is 0.00000220. The Bertz CT molecular complexity index is 509. The molecule has 0 spiro atoms. The molecule has 0 fully saturated rings. The standard InChI is InChI=1S/C15H23N3OS.2ClH/c1-15(2,3)14-18-12(10-20-14)8-13(19)17-9-11-4-6-16-7-5-11;;/h4,10,16H,5-9H2,1-3H3,(H,17,19);2*1H. The van der Waals surface area contributed by atoms with Gasteiger partial charge in [0.2, 0.25) is 5.91 Å². The van der Waals surface area contributed by atoms with Crippen molar-refractivity contribution in [3.05, 3.63) is 27.7 Å². The third-order valence-electron chi connectivity index (χ3n) is 3.21. The maximum atomic E-state index is 11.9. The van der Waals surface area contributed by atoms with Crippen molar-refractivity contribution in [3.63, 3.8) is 0 Å². The van der Waals surface area contributed by atoms with E-state index < -0.39 is 0 Å². The Kier molecular flexibility index (Phi) is 9.24. The first kappa shape index (κ1) is 21.4. The van der Waals surface area contributed by atoms with Crippen LogP contribution in [0.5, 0.6) is 0 Å². The van der Waals surface area contributed by atoms with E-state index >= 15 is 0 Å². The quantitative estimate of drug-likeness (QED) is 0.806. The van der Waals surface area contributed by atoms with Crippen molar-refractivity contribution in [1.82, 2.24) is 15.6 Å². The van der Waals surface area contributed by atoms with Gasteiger partial charge in [0.15, 0.2) is 0 Å². The summed E-state index contributed by atoms with van der Waals surface area (Å²) in [5.74, 6) is 0.0511. The molecule has 1 aliphatic heterocycles. The number of thiazole rings is 1. The van der Waals surface area contributed by atoms with Gasteiger partial charge >= 0.3 is 0 Å². The molecule has 1 aliphatic rings. The van der Waals surface area contributed by atoms with Gasteiger partial charge in [-0.25, -0.2) is 4.98 Å². The molecule has 0 atom stereocenters. The smallest absolute Gasteiger partial charge is 0.226 e. The monoisotopic (exact) mass is 365 g/mol. The van der Waals surface area contributed by atoms with Crippen LogP contribution in [0.4, 0.5) is 0 Å². The Morgan fingerprint density at radius 3 is 2.68 bits per heavy atom. The normalized spacial score (nSPS) is 14.4. The van der Waals surface area contributed by atoms with Crippen LogP contribution >= 0.6 is 36.2 Å². The lowest BCUT2D eigenvalue weighted by Crippen LogP contribution is -2.30. The van der Waals surface area contributed by atoms with Crippen molar-refractivity contribution >= 4 is 42.1 Å². The maximum absolute atomic E-state index is 11.9. The highest BCUT2D eigenvalue weighted by atomic mass is 35.5. The third-order valence-corrected chi connectivity index (χ3v) is 4.52. The minimum atomic E-state index is 0. The Morgan fingerprint density at radius 1 is 1.41 bits per heavy atom. The van der Waals surface area contributed by atoms with E-state index in [1.807, 2.05) is 5.38 Å². The molecule has 1 aromatic heterocycles. The van der Waals surface area contributed by atoms with Crippen LogP contribution in [0.2, 0.25) is 0 Å². The van der Waals surface area contributed by atoms with Gasteiger partial charge in [-0.1, -0.05) is 32.4 Å². The van der Waals surface area contributed by atoms with Crippen LogP contribution in [0, 0.1) is 0 Å². The van der Waals surface area contributed by atoms with Gasteiger partial charge in [0, 0.05) is 23.9 Å². The number of amides is 1. The highest BCUT2D eigenvalue weighted by Crippen LogP contribution is 2.25. The van der Waals surface area contributed by atoms with Gasteiger partial charge in [-0.2, -0.15) is 0 Å². The molecule has 1 aromatic rings. The molecule has 0 unspecified atom stereocenters. The van der Waals surface area contributed by atoms with E-state index in [1.165, 1.54) is 5.57 Å². The fraction of sp³-hybridized carbons (Fsp3) is 0.600. The molecule has 0 saturated carbocycles. The molecule has 0 saturated heterocycles. The number of nitrogens with one attached hydrogen (secondary N) is 2. The van der Waals surface area contributed by atoms with Crippen molar-refractivity contribution < 1.29 is 4.79 Å². The molecule has 2 heterocycles. The summed E-state index contributed by atoms with van der Waals surface area (Å²) >= 11 is 1.63. The van der Waals surface area contributed by atoms with Crippen molar-refractivity contribution in [2.24, 2.45) is 0 Å². The second-order valence-corrected chi connectivity index (χ2v) is 7.02. The predicted octanol–water partition coefficient (Wildman–Crippen LogP) is 2.86. The fourth-order valence-corrected chi connectivity index (χ4v) is 2.91. The average Bonchev–Trinajstić information content (AvgIpc) is 2.86. The lowest BCUT2D eigenvalue weighted by molar-refractivity contribution is -0.120. The number of hydrogen-bond acceptors (Lipinski definition) is 4. The lowest BCUT2D eigenvalue weighted by Gasteiger charge is -2.14. The van der Waals surface area contributed by atoms with E-state index in [0.29, 0.717) is 13.0 Å². The summed E-state index contributed by atoms with van der Waals surface area (Å²) in [7, 11) is 0. The Labute approximate surface area is 149 Å². The Morgan fingerprint density at radius 2 is 2.14 bits per heavy atom.